The third-order valence-electron chi connectivity index (χ3n) is 4.48. The molecule has 2 heterocycles. The van der Waals surface area contributed by atoms with Gasteiger partial charge in [0.25, 0.3) is 5.91 Å². The molecule has 1 atom stereocenters. The molecule has 7 heteroatoms. The number of nitrogens with zero attached hydrogens (tertiary/aromatic N) is 1. The van der Waals surface area contributed by atoms with E-state index in [-0.39, 0.29) is 5.69 Å². The summed E-state index contributed by atoms with van der Waals surface area (Å²) in [6, 6.07) is 16.0. The number of ether oxygens (including phenoxy) is 2. The van der Waals surface area contributed by atoms with Crippen molar-refractivity contribution in [1.29, 1.82) is 0 Å². The van der Waals surface area contributed by atoms with Crippen molar-refractivity contribution in [2.45, 2.75) is 13.0 Å². The molecule has 0 saturated carbocycles. The average molecular weight is 390 g/mol. The quantitative estimate of drug-likeness (QED) is 0.514. The first kappa shape index (κ1) is 18.5. The van der Waals surface area contributed by atoms with Crippen molar-refractivity contribution in [1.82, 2.24) is 4.98 Å². The van der Waals surface area contributed by atoms with E-state index in [9.17, 15) is 9.59 Å². The van der Waals surface area contributed by atoms with Gasteiger partial charge in [0.1, 0.15) is 22.6 Å². The zero-order valence-corrected chi connectivity index (χ0v) is 15.8. The van der Waals surface area contributed by atoms with E-state index in [0.29, 0.717) is 17.0 Å². The largest absolute Gasteiger partial charge is 0.495 e. The molecule has 2 aromatic heterocycles. The number of benzene rings is 2. The van der Waals surface area contributed by atoms with Crippen molar-refractivity contribution in [3.8, 4) is 5.75 Å². The van der Waals surface area contributed by atoms with Crippen LogP contribution < -0.4 is 10.1 Å². The second-order valence-corrected chi connectivity index (χ2v) is 6.40. The topological polar surface area (TPSA) is 90.7 Å². The number of hydrogen-bond acceptors (Lipinski definition) is 6. The normalized spacial score (nSPS) is 11.9. The molecule has 0 saturated heterocycles. The number of rotatable bonds is 5. The molecule has 29 heavy (non-hydrogen) atoms. The van der Waals surface area contributed by atoms with E-state index in [0.717, 1.165) is 16.4 Å². The first-order valence-corrected chi connectivity index (χ1v) is 8.99. The van der Waals surface area contributed by atoms with Crippen LogP contribution in [0.5, 0.6) is 5.75 Å². The number of amides is 1. The van der Waals surface area contributed by atoms with Gasteiger partial charge in [-0.3, -0.25) is 4.79 Å². The molecule has 4 aromatic rings. The summed E-state index contributed by atoms with van der Waals surface area (Å²) in [6.45, 7) is 1.49. The number of hydrogen-bond donors (Lipinski definition) is 1. The van der Waals surface area contributed by atoms with Crippen LogP contribution in [0.2, 0.25) is 0 Å². The molecule has 0 aliphatic rings. The third kappa shape index (κ3) is 3.62. The molecule has 0 bridgehead atoms. The van der Waals surface area contributed by atoms with Crippen LogP contribution in [0.1, 0.15) is 17.4 Å². The molecule has 0 aliphatic carbocycles. The van der Waals surface area contributed by atoms with Crippen LogP contribution in [0.25, 0.3) is 21.9 Å². The van der Waals surface area contributed by atoms with Gasteiger partial charge in [0.2, 0.25) is 0 Å². The van der Waals surface area contributed by atoms with Crippen molar-refractivity contribution in [2.75, 3.05) is 12.4 Å². The standard InChI is InChI=1S/C22H18N2O5/c1-13(28-22(26)16-8-5-6-10-23-16)21(25)24-17-12-19-15(11-20(17)27-2)14-7-3-4-9-18(14)29-19/h3-13H,1-2H3,(H,24,25). The predicted octanol–water partition coefficient (Wildman–Crippen LogP) is 4.17. The van der Waals surface area contributed by atoms with Crippen LogP contribution in [0, 0.1) is 0 Å². The lowest BCUT2D eigenvalue weighted by Crippen LogP contribution is -2.30. The van der Waals surface area contributed by atoms with E-state index in [2.05, 4.69) is 10.3 Å². The zero-order chi connectivity index (χ0) is 20.4. The Hall–Kier alpha value is -3.87. The number of aromatic nitrogens is 1. The molecule has 1 unspecified atom stereocenters. The van der Waals surface area contributed by atoms with Gasteiger partial charge in [-0.05, 0) is 31.2 Å². The summed E-state index contributed by atoms with van der Waals surface area (Å²) in [5.74, 6) is -0.698. The Labute approximate surface area is 166 Å². The molecule has 0 spiro atoms. The highest BCUT2D eigenvalue weighted by molar-refractivity contribution is 6.08. The summed E-state index contributed by atoms with van der Waals surface area (Å²) in [5, 5.41) is 4.57. The number of para-hydroxylation sites is 1. The smallest absolute Gasteiger partial charge is 0.357 e. The predicted molar refractivity (Wildman–Crippen MR) is 108 cm³/mol. The number of carbonyl (C=O) groups is 2. The van der Waals surface area contributed by atoms with Gasteiger partial charge in [0, 0.05) is 23.0 Å². The summed E-state index contributed by atoms with van der Waals surface area (Å²) >= 11 is 0. The molecular weight excluding hydrogens is 372 g/mol. The Morgan fingerprint density at radius 3 is 2.59 bits per heavy atom. The molecule has 2 aromatic carbocycles. The Bertz CT molecular complexity index is 1200. The number of pyridine rings is 1. The van der Waals surface area contributed by atoms with Gasteiger partial charge >= 0.3 is 5.97 Å². The lowest BCUT2D eigenvalue weighted by molar-refractivity contribution is -0.123. The van der Waals surface area contributed by atoms with Gasteiger partial charge in [-0.1, -0.05) is 24.3 Å². The number of methoxy groups -OCH3 is 1. The monoisotopic (exact) mass is 390 g/mol. The summed E-state index contributed by atoms with van der Waals surface area (Å²) in [5.41, 5.74) is 1.91. The summed E-state index contributed by atoms with van der Waals surface area (Å²) in [7, 11) is 1.52. The number of fused-ring (bicyclic) bond motifs is 3. The van der Waals surface area contributed by atoms with Crippen LogP contribution >= 0.6 is 0 Å². The minimum Gasteiger partial charge on any atom is -0.495 e. The van der Waals surface area contributed by atoms with Crippen LogP contribution in [-0.4, -0.2) is 30.1 Å². The van der Waals surface area contributed by atoms with Gasteiger partial charge in [-0.25, -0.2) is 9.78 Å². The summed E-state index contributed by atoms with van der Waals surface area (Å²) in [4.78, 5) is 28.6. The Morgan fingerprint density at radius 2 is 1.83 bits per heavy atom. The number of furan rings is 1. The summed E-state index contributed by atoms with van der Waals surface area (Å²) < 4.78 is 16.5. The highest BCUT2D eigenvalue weighted by Crippen LogP contribution is 2.36. The first-order chi connectivity index (χ1) is 14.1. The molecular formula is C22H18N2O5. The molecule has 7 nitrogen and oxygen atoms in total. The Kier molecular flexibility index (Phi) is 4.87. The molecule has 0 aliphatic heterocycles. The van der Waals surface area contributed by atoms with Crippen molar-refractivity contribution >= 4 is 39.5 Å². The minimum absolute atomic E-state index is 0.133. The van der Waals surface area contributed by atoms with Crippen molar-refractivity contribution in [3.63, 3.8) is 0 Å². The zero-order valence-electron chi connectivity index (χ0n) is 15.8. The van der Waals surface area contributed by atoms with E-state index in [1.54, 1.807) is 24.3 Å². The van der Waals surface area contributed by atoms with E-state index in [1.165, 1.54) is 26.3 Å². The molecule has 1 N–H and O–H groups in total. The fourth-order valence-corrected chi connectivity index (χ4v) is 3.01. The molecule has 0 fully saturated rings. The Balaban J connectivity index is 1.57. The SMILES string of the molecule is COc1cc2c(cc1NC(=O)C(C)OC(=O)c1ccccn1)oc1ccccc12. The Morgan fingerprint density at radius 1 is 1.03 bits per heavy atom. The van der Waals surface area contributed by atoms with Crippen LogP contribution in [-0.2, 0) is 9.53 Å². The maximum absolute atomic E-state index is 12.6. The first-order valence-electron chi connectivity index (χ1n) is 8.99. The number of anilines is 1. The van der Waals surface area contributed by atoms with Gasteiger partial charge in [-0.15, -0.1) is 0 Å². The molecule has 4 rings (SSSR count). The van der Waals surface area contributed by atoms with Gasteiger partial charge in [0.15, 0.2) is 6.10 Å². The van der Waals surface area contributed by atoms with Gasteiger partial charge in [-0.2, -0.15) is 0 Å². The van der Waals surface area contributed by atoms with Crippen LogP contribution in [0.4, 0.5) is 5.69 Å². The van der Waals surface area contributed by atoms with Crippen LogP contribution in [0.15, 0.2) is 65.2 Å². The highest BCUT2D eigenvalue weighted by Gasteiger charge is 2.21. The van der Waals surface area contributed by atoms with E-state index >= 15 is 0 Å². The van der Waals surface area contributed by atoms with Gasteiger partial charge < -0.3 is 19.2 Å². The number of carbonyl (C=O) groups excluding carboxylic acids is 2. The lowest BCUT2D eigenvalue weighted by Gasteiger charge is -2.15. The second-order valence-electron chi connectivity index (χ2n) is 6.40. The van der Waals surface area contributed by atoms with E-state index < -0.39 is 18.0 Å². The van der Waals surface area contributed by atoms with Gasteiger partial charge in [0.05, 0.1) is 12.8 Å². The lowest BCUT2D eigenvalue weighted by atomic mass is 10.1. The molecule has 1 amide bonds. The second kappa shape index (κ2) is 7.63. The maximum Gasteiger partial charge on any atom is 0.357 e. The van der Waals surface area contributed by atoms with E-state index in [4.69, 9.17) is 13.9 Å². The third-order valence-corrected chi connectivity index (χ3v) is 4.48. The minimum atomic E-state index is -1.03. The molecule has 146 valence electrons. The van der Waals surface area contributed by atoms with Crippen molar-refractivity contribution in [3.05, 3.63) is 66.5 Å². The average Bonchev–Trinajstić information content (AvgIpc) is 3.11. The van der Waals surface area contributed by atoms with Crippen molar-refractivity contribution in [2.24, 2.45) is 0 Å². The van der Waals surface area contributed by atoms with Crippen molar-refractivity contribution < 1.29 is 23.5 Å². The number of nitrogens with one attached hydrogen (secondary N) is 1. The fraction of sp³-hybridized carbons (Fsp3) is 0.136. The van der Waals surface area contributed by atoms with E-state index in [1.807, 2.05) is 24.3 Å². The van der Waals surface area contributed by atoms with Crippen LogP contribution in [0.3, 0.4) is 0 Å². The number of esters is 1. The maximum atomic E-state index is 12.6. The highest BCUT2D eigenvalue weighted by atomic mass is 16.5. The summed E-state index contributed by atoms with van der Waals surface area (Å²) in [6.07, 6.45) is 0.454. The fourth-order valence-electron chi connectivity index (χ4n) is 3.01. The molecule has 0 radical (unpaired) electrons.